The zero-order chi connectivity index (χ0) is 14.9. The molecule has 6 heteroatoms. The maximum Gasteiger partial charge on any atom is 0.272 e. The Kier molecular flexibility index (Phi) is 4.50. The van der Waals surface area contributed by atoms with Crippen LogP contribution < -0.4 is 5.32 Å². The van der Waals surface area contributed by atoms with Gasteiger partial charge in [0, 0.05) is 16.7 Å². The number of rotatable bonds is 3. The number of nitrogens with zero attached hydrogens (tertiary/aromatic N) is 1. The quantitative estimate of drug-likeness (QED) is 0.833. The molecule has 1 aromatic heterocycles. The Hall–Kier alpha value is -1.33. The summed E-state index contributed by atoms with van der Waals surface area (Å²) in [4.78, 5) is 12.3. The summed E-state index contributed by atoms with van der Waals surface area (Å²) in [5.74, 6) is -0.790. The summed E-state index contributed by atoms with van der Waals surface area (Å²) in [5.41, 5.74) is 0.733. The van der Waals surface area contributed by atoms with E-state index >= 15 is 0 Å². The SMILES string of the molecule is CC(C)n1cc(Br)cc1C(=O)Nc1cc(F)ccc1Cl. The summed E-state index contributed by atoms with van der Waals surface area (Å²) < 4.78 is 15.8. The smallest absolute Gasteiger partial charge is 0.272 e. The van der Waals surface area contributed by atoms with Crippen molar-refractivity contribution in [2.24, 2.45) is 0 Å². The number of anilines is 1. The van der Waals surface area contributed by atoms with E-state index < -0.39 is 5.82 Å². The number of hydrogen-bond donors (Lipinski definition) is 1. The molecule has 0 aliphatic carbocycles. The Morgan fingerprint density at radius 3 is 2.75 bits per heavy atom. The average molecular weight is 360 g/mol. The first-order valence-electron chi connectivity index (χ1n) is 6.02. The van der Waals surface area contributed by atoms with E-state index in [4.69, 9.17) is 11.6 Å². The van der Waals surface area contributed by atoms with Gasteiger partial charge in [0.05, 0.1) is 10.7 Å². The maximum atomic E-state index is 13.2. The number of halogens is 3. The molecule has 0 bridgehead atoms. The molecule has 0 saturated carbocycles. The van der Waals surface area contributed by atoms with Crippen LogP contribution >= 0.6 is 27.5 Å². The third-order valence-corrected chi connectivity index (χ3v) is 3.54. The minimum Gasteiger partial charge on any atom is -0.340 e. The Bertz CT molecular complexity index is 655. The van der Waals surface area contributed by atoms with Crippen molar-refractivity contribution in [1.82, 2.24) is 4.57 Å². The van der Waals surface area contributed by atoms with Crippen molar-refractivity contribution in [3.05, 3.63) is 51.5 Å². The summed E-state index contributed by atoms with van der Waals surface area (Å²) >= 11 is 9.28. The minimum atomic E-state index is -0.454. The first-order valence-corrected chi connectivity index (χ1v) is 7.19. The molecule has 2 aromatic rings. The van der Waals surface area contributed by atoms with Crippen LogP contribution in [-0.2, 0) is 0 Å². The Labute approximate surface area is 129 Å². The molecule has 0 atom stereocenters. The lowest BCUT2D eigenvalue weighted by molar-refractivity contribution is 0.101. The molecular weight excluding hydrogens is 347 g/mol. The van der Waals surface area contributed by atoms with E-state index in [0.29, 0.717) is 10.7 Å². The van der Waals surface area contributed by atoms with Gasteiger partial charge in [0.25, 0.3) is 5.91 Å². The van der Waals surface area contributed by atoms with Crippen LogP contribution in [0.5, 0.6) is 0 Å². The number of benzene rings is 1. The standard InChI is InChI=1S/C14H13BrClFN2O/c1-8(2)19-7-9(15)5-13(19)14(20)18-12-6-10(17)3-4-11(12)16/h3-8H,1-2H3,(H,18,20). The molecule has 106 valence electrons. The number of aromatic nitrogens is 1. The van der Waals surface area contributed by atoms with Crippen LogP contribution in [0.25, 0.3) is 0 Å². The Morgan fingerprint density at radius 1 is 1.40 bits per heavy atom. The van der Waals surface area contributed by atoms with Gasteiger partial charge in [-0.05, 0) is 54.0 Å². The summed E-state index contributed by atoms with van der Waals surface area (Å²) in [6.45, 7) is 3.94. The fourth-order valence-electron chi connectivity index (χ4n) is 1.83. The van der Waals surface area contributed by atoms with Gasteiger partial charge >= 0.3 is 0 Å². The molecule has 1 amide bonds. The topological polar surface area (TPSA) is 34.0 Å². The van der Waals surface area contributed by atoms with Gasteiger partial charge in [-0.2, -0.15) is 0 Å². The molecule has 1 heterocycles. The average Bonchev–Trinajstić information content (AvgIpc) is 2.76. The first-order chi connectivity index (χ1) is 9.38. The number of amides is 1. The molecule has 1 N–H and O–H groups in total. The van der Waals surface area contributed by atoms with Gasteiger partial charge in [0.1, 0.15) is 11.5 Å². The molecule has 0 radical (unpaired) electrons. The molecule has 0 fully saturated rings. The monoisotopic (exact) mass is 358 g/mol. The fourth-order valence-corrected chi connectivity index (χ4v) is 2.44. The summed E-state index contributed by atoms with van der Waals surface area (Å²) in [5, 5.41) is 2.92. The van der Waals surface area contributed by atoms with Crippen LogP contribution in [0, 0.1) is 5.82 Å². The van der Waals surface area contributed by atoms with Crippen molar-refractivity contribution in [1.29, 1.82) is 0 Å². The van der Waals surface area contributed by atoms with Gasteiger partial charge in [-0.25, -0.2) is 4.39 Å². The van der Waals surface area contributed by atoms with Crippen LogP contribution in [-0.4, -0.2) is 10.5 Å². The van der Waals surface area contributed by atoms with Crippen LogP contribution in [0.2, 0.25) is 5.02 Å². The van der Waals surface area contributed by atoms with E-state index in [1.807, 2.05) is 24.6 Å². The Balaban J connectivity index is 2.31. The van der Waals surface area contributed by atoms with Gasteiger partial charge < -0.3 is 9.88 Å². The third-order valence-electron chi connectivity index (χ3n) is 2.78. The van der Waals surface area contributed by atoms with Crippen molar-refractivity contribution in [3.63, 3.8) is 0 Å². The van der Waals surface area contributed by atoms with Crippen LogP contribution in [0.1, 0.15) is 30.4 Å². The normalized spacial score (nSPS) is 10.9. The van der Waals surface area contributed by atoms with Crippen LogP contribution in [0.15, 0.2) is 34.9 Å². The molecule has 20 heavy (non-hydrogen) atoms. The lowest BCUT2D eigenvalue weighted by Gasteiger charge is -2.13. The van der Waals surface area contributed by atoms with E-state index in [0.717, 1.165) is 4.47 Å². The zero-order valence-electron chi connectivity index (χ0n) is 11.0. The lowest BCUT2D eigenvalue weighted by Crippen LogP contribution is -2.18. The molecule has 2 rings (SSSR count). The first kappa shape index (κ1) is 15.1. The van der Waals surface area contributed by atoms with E-state index in [-0.39, 0.29) is 17.6 Å². The molecule has 0 aliphatic rings. The molecule has 0 saturated heterocycles. The Morgan fingerprint density at radius 2 is 2.10 bits per heavy atom. The second-order valence-electron chi connectivity index (χ2n) is 4.62. The largest absolute Gasteiger partial charge is 0.340 e. The van der Waals surface area contributed by atoms with Gasteiger partial charge in [-0.15, -0.1) is 0 Å². The highest BCUT2D eigenvalue weighted by Gasteiger charge is 2.16. The van der Waals surface area contributed by atoms with E-state index in [2.05, 4.69) is 21.2 Å². The van der Waals surface area contributed by atoms with E-state index in [1.165, 1.54) is 18.2 Å². The van der Waals surface area contributed by atoms with Crippen molar-refractivity contribution < 1.29 is 9.18 Å². The van der Waals surface area contributed by atoms with Crippen molar-refractivity contribution in [2.75, 3.05) is 5.32 Å². The van der Waals surface area contributed by atoms with Crippen molar-refractivity contribution >= 4 is 39.1 Å². The van der Waals surface area contributed by atoms with Crippen molar-refractivity contribution in [3.8, 4) is 0 Å². The minimum absolute atomic E-state index is 0.130. The maximum absolute atomic E-state index is 13.2. The summed E-state index contributed by atoms with van der Waals surface area (Å²) in [6, 6.07) is 5.68. The molecule has 0 aliphatic heterocycles. The number of carbonyl (C=O) groups excluding carboxylic acids is 1. The number of nitrogens with one attached hydrogen (secondary N) is 1. The van der Waals surface area contributed by atoms with Crippen LogP contribution in [0.3, 0.4) is 0 Å². The second kappa shape index (κ2) is 5.97. The summed E-state index contributed by atoms with van der Waals surface area (Å²) in [7, 11) is 0. The van der Waals surface area contributed by atoms with Crippen LogP contribution in [0.4, 0.5) is 10.1 Å². The highest BCUT2D eigenvalue weighted by Crippen LogP contribution is 2.25. The molecule has 3 nitrogen and oxygen atoms in total. The second-order valence-corrected chi connectivity index (χ2v) is 5.95. The third kappa shape index (κ3) is 3.22. The molecular formula is C14H13BrClFN2O. The van der Waals surface area contributed by atoms with E-state index in [1.54, 1.807) is 6.07 Å². The predicted octanol–water partition coefficient (Wildman–Crippen LogP) is 4.88. The van der Waals surface area contributed by atoms with Gasteiger partial charge in [0.15, 0.2) is 0 Å². The highest BCUT2D eigenvalue weighted by molar-refractivity contribution is 9.10. The predicted molar refractivity (Wildman–Crippen MR) is 81.9 cm³/mol. The number of carbonyl (C=O) groups is 1. The summed E-state index contributed by atoms with van der Waals surface area (Å²) in [6.07, 6.45) is 1.83. The lowest BCUT2D eigenvalue weighted by atomic mass is 10.3. The van der Waals surface area contributed by atoms with Gasteiger partial charge in [-0.3, -0.25) is 4.79 Å². The fraction of sp³-hybridized carbons (Fsp3) is 0.214. The number of hydrogen-bond acceptors (Lipinski definition) is 1. The van der Waals surface area contributed by atoms with Gasteiger partial charge in [-0.1, -0.05) is 11.6 Å². The highest BCUT2D eigenvalue weighted by atomic mass is 79.9. The molecule has 0 unspecified atom stereocenters. The van der Waals surface area contributed by atoms with Gasteiger partial charge in [0.2, 0.25) is 0 Å². The van der Waals surface area contributed by atoms with Crippen molar-refractivity contribution in [2.45, 2.75) is 19.9 Å². The van der Waals surface area contributed by atoms with E-state index in [9.17, 15) is 9.18 Å². The molecule has 1 aromatic carbocycles. The molecule has 0 spiro atoms. The zero-order valence-corrected chi connectivity index (χ0v) is 13.3.